The first-order valence-electron chi connectivity index (χ1n) is 10.5. The lowest BCUT2D eigenvalue weighted by Crippen LogP contribution is -2.24. The van der Waals surface area contributed by atoms with E-state index in [4.69, 9.17) is 9.40 Å². The van der Waals surface area contributed by atoms with E-state index in [2.05, 4.69) is 64.5 Å². The zero-order valence-corrected chi connectivity index (χ0v) is 17.1. The van der Waals surface area contributed by atoms with Crippen molar-refractivity contribution in [3.05, 3.63) is 102 Å². The fraction of sp³-hybridized carbons (Fsp3) is 0.154. The Morgan fingerprint density at radius 2 is 1.77 bits per heavy atom. The molecule has 2 heterocycles. The normalized spacial score (nSPS) is 11.2. The second-order valence-corrected chi connectivity index (χ2v) is 7.62. The smallest absolute Gasteiger partial charge is 0.286 e. The van der Waals surface area contributed by atoms with Crippen molar-refractivity contribution in [1.29, 1.82) is 0 Å². The Balaban J connectivity index is 1.34. The van der Waals surface area contributed by atoms with E-state index in [1.807, 2.05) is 12.1 Å². The van der Waals surface area contributed by atoms with Gasteiger partial charge in [0.1, 0.15) is 5.82 Å². The number of nitrogens with one attached hydrogen (secondary N) is 1. The maximum Gasteiger partial charge on any atom is 0.286 e. The molecule has 0 atom stereocenters. The van der Waals surface area contributed by atoms with E-state index in [0.29, 0.717) is 12.3 Å². The molecule has 0 spiro atoms. The summed E-state index contributed by atoms with van der Waals surface area (Å²) in [5.74, 6) is 1.18. The van der Waals surface area contributed by atoms with Gasteiger partial charge in [-0.05, 0) is 53.1 Å². The lowest BCUT2D eigenvalue weighted by molar-refractivity contribution is 0.0925. The van der Waals surface area contributed by atoms with Crippen molar-refractivity contribution in [2.75, 3.05) is 6.54 Å². The highest BCUT2D eigenvalue weighted by Gasteiger charge is 2.12. The minimum Gasteiger partial charge on any atom is -0.459 e. The fourth-order valence-corrected chi connectivity index (χ4v) is 3.96. The van der Waals surface area contributed by atoms with E-state index >= 15 is 0 Å². The number of imidazole rings is 1. The highest BCUT2D eigenvalue weighted by Crippen LogP contribution is 2.21. The highest BCUT2D eigenvalue weighted by atomic mass is 16.3. The van der Waals surface area contributed by atoms with Gasteiger partial charge in [0.2, 0.25) is 0 Å². The van der Waals surface area contributed by atoms with Crippen LogP contribution in [-0.4, -0.2) is 22.0 Å². The molecule has 2 aromatic heterocycles. The number of benzene rings is 3. The van der Waals surface area contributed by atoms with Gasteiger partial charge in [0.25, 0.3) is 5.91 Å². The van der Waals surface area contributed by atoms with Gasteiger partial charge >= 0.3 is 0 Å². The van der Waals surface area contributed by atoms with Crippen molar-refractivity contribution in [3.8, 4) is 0 Å². The van der Waals surface area contributed by atoms with Crippen LogP contribution in [0.4, 0.5) is 0 Å². The highest BCUT2D eigenvalue weighted by molar-refractivity contribution is 5.91. The Labute approximate surface area is 180 Å². The van der Waals surface area contributed by atoms with Crippen molar-refractivity contribution in [2.45, 2.75) is 19.4 Å². The number of nitrogens with zero attached hydrogens (tertiary/aromatic N) is 2. The van der Waals surface area contributed by atoms with Crippen molar-refractivity contribution in [1.82, 2.24) is 14.9 Å². The predicted molar refractivity (Wildman–Crippen MR) is 122 cm³/mol. The topological polar surface area (TPSA) is 60.1 Å². The van der Waals surface area contributed by atoms with E-state index in [0.717, 1.165) is 36.2 Å². The minimum absolute atomic E-state index is 0.185. The van der Waals surface area contributed by atoms with E-state index in [-0.39, 0.29) is 5.91 Å². The van der Waals surface area contributed by atoms with Gasteiger partial charge in [-0.2, -0.15) is 0 Å². The van der Waals surface area contributed by atoms with Crippen LogP contribution in [-0.2, 0) is 13.0 Å². The molecule has 5 aromatic rings. The first-order valence-corrected chi connectivity index (χ1v) is 10.5. The van der Waals surface area contributed by atoms with Crippen molar-refractivity contribution >= 4 is 27.7 Å². The summed E-state index contributed by atoms with van der Waals surface area (Å²) in [6.45, 7) is 1.33. The number of para-hydroxylation sites is 2. The average molecular weight is 409 g/mol. The number of fused-ring (bicyclic) bond motifs is 2. The first kappa shape index (κ1) is 19.1. The molecule has 0 saturated carbocycles. The number of rotatable bonds is 7. The number of amides is 1. The van der Waals surface area contributed by atoms with E-state index < -0.39 is 0 Å². The number of furan rings is 1. The summed E-state index contributed by atoms with van der Waals surface area (Å²) in [5, 5.41) is 5.40. The third-order valence-electron chi connectivity index (χ3n) is 5.50. The number of hydrogen-bond donors (Lipinski definition) is 1. The van der Waals surface area contributed by atoms with E-state index in [9.17, 15) is 4.79 Å². The summed E-state index contributed by atoms with van der Waals surface area (Å²) in [6.07, 6.45) is 3.08. The molecule has 31 heavy (non-hydrogen) atoms. The van der Waals surface area contributed by atoms with Crippen molar-refractivity contribution in [3.63, 3.8) is 0 Å². The van der Waals surface area contributed by atoms with Gasteiger partial charge in [0.15, 0.2) is 5.76 Å². The molecule has 0 aliphatic rings. The van der Waals surface area contributed by atoms with Gasteiger partial charge < -0.3 is 14.3 Å². The van der Waals surface area contributed by atoms with E-state index in [1.54, 1.807) is 12.1 Å². The Kier molecular flexibility index (Phi) is 5.23. The molecule has 5 nitrogen and oxygen atoms in total. The Bertz CT molecular complexity index is 1340. The van der Waals surface area contributed by atoms with Crippen LogP contribution in [0.15, 0.2) is 89.5 Å². The molecule has 3 aromatic carbocycles. The molecule has 0 bridgehead atoms. The predicted octanol–water partition coefficient (Wildman–Crippen LogP) is 5.19. The summed E-state index contributed by atoms with van der Waals surface area (Å²) in [6, 6.07) is 26.6. The zero-order valence-electron chi connectivity index (χ0n) is 17.1. The molecule has 1 amide bonds. The van der Waals surface area contributed by atoms with Crippen LogP contribution in [0.5, 0.6) is 0 Å². The van der Waals surface area contributed by atoms with Gasteiger partial charge in [0.05, 0.1) is 17.3 Å². The Morgan fingerprint density at radius 3 is 2.65 bits per heavy atom. The molecule has 0 saturated heterocycles. The number of carbonyl (C=O) groups excluding carboxylic acids is 1. The number of carbonyl (C=O) groups is 1. The summed E-state index contributed by atoms with van der Waals surface area (Å²) >= 11 is 0. The van der Waals surface area contributed by atoms with E-state index in [1.165, 1.54) is 22.6 Å². The van der Waals surface area contributed by atoms with Crippen LogP contribution >= 0.6 is 0 Å². The molecule has 154 valence electrons. The molecule has 0 radical (unpaired) electrons. The monoisotopic (exact) mass is 409 g/mol. The van der Waals surface area contributed by atoms with Gasteiger partial charge in [-0.25, -0.2) is 4.98 Å². The van der Waals surface area contributed by atoms with Crippen LogP contribution in [0.1, 0.15) is 28.4 Å². The maximum atomic E-state index is 12.0. The Hall–Kier alpha value is -3.86. The fourth-order valence-electron chi connectivity index (χ4n) is 3.96. The van der Waals surface area contributed by atoms with Crippen molar-refractivity contribution < 1.29 is 9.21 Å². The third-order valence-corrected chi connectivity index (χ3v) is 5.50. The molecule has 5 heteroatoms. The minimum atomic E-state index is -0.185. The van der Waals surface area contributed by atoms with Gasteiger partial charge in [-0.15, -0.1) is 0 Å². The SMILES string of the molecule is O=C(NCCCc1nc2ccccc2n1Cc1ccc2ccccc2c1)c1ccco1. The number of aryl methyl sites for hydroxylation is 1. The van der Waals surface area contributed by atoms with Crippen LogP contribution in [0.25, 0.3) is 21.8 Å². The lowest BCUT2D eigenvalue weighted by Gasteiger charge is -2.11. The molecular formula is C26H23N3O2. The summed E-state index contributed by atoms with van der Waals surface area (Å²) in [5.41, 5.74) is 3.37. The maximum absolute atomic E-state index is 12.0. The summed E-state index contributed by atoms with van der Waals surface area (Å²) < 4.78 is 7.42. The van der Waals surface area contributed by atoms with Gasteiger partial charge in [0, 0.05) is 19.5 Å². The number of hydrogen-bond acceptors (Lipinski definition) is 3. The lowest BCUT2D eigenvalue weighted by atomic mass is 10.1. The summed E-state index contributed by atoms with van der Waals surface area (Å²) in [4.78, 5) is 16.9. The number of aromatic nitrogens is 2. The van der Waals surface area contributed by atoms with Crippen LogP contribution in [0.2, 0.25) is 0 Å². The molecule has 0 aliphatic carbocycles. The molecule has 0 aliphatic heterocycles. The van der Waals surface area contributed by atoms with Crippen molar-refractivity contribution in [2.24, 2.45) is 0 Å². The second kappa shape index (κ2) is 8.48. The van der Waals surface area contributed by atoms with Gasteiger partial charge in [-0.3, -0.25) is 4.79 Å². The average Bonchev–Trinajstić information content (AvgIpc) is 3.46. The molecule has 5 rings (SSSR count). The molecule has 0 unspecified atom stereocenters. The van der Waals surface area contributed by atoms with Crippen LogP contribution in [0, 0.1) is 0 Å². The standard InChI is InChI=1S/C26H23N3O2/c30-26(24-11-6-16-31-24)27-15-5-12-25-28-22-9-3-4-10-23(22)29(25)18-19-13-14-20-7-1-2-8-21(20)17-19/h1-4,6-11,13-14,16-17H,5,12,15,18H2,(H,27,30). The second-order valence-electron chi connectivity index (χ2n) is 7.62. The largest absolute Gasteiger partial charge is 0.459 e. The zero-order chi connectivity index (χ0) is 21.0. The molecular weight excluding hydrogens is 386 g/mol. The Morgan fingerprint density at radius 1 is 0.935 bits per heavy atom. The van der Waals surface area contributed by atoms with Gasteiger partial charge in [-0.1, -0.05) is 48.5 Å². The van der Waals surface area contributed by atoms with Crippen LogP contribution in [0.3, 0.4) is 0 Å². The molecule has 1 N–H and O–H groups in total. The first-order chi connectivity index (χ1) is 15.3. The third kappa shape index (κ3) is 4.08. The summed E-state index contributed by atoms with van der Waals surface area (Å²) in [7, 11) is 0. The molecule has 0 fully saturated rings. The quantitative estimate of drug-likeness (QED) is 0.376. The van der Waals surface area contributed by atoms with Crippen LogP contribution < -0.4 is 5.32 Å².